The number of rotatable bonds is 3. The smallest absolute Gasteiger partial charge is 0.409 e. The Labute approximate surface area is 141 Å². The second kappa shape index (κ2) is 6.56. The normalized spacial score (nSPS) is 17.0. The van der Waals surface area contributed by atoms with Gasteiger partial charge < -0.3 is 10.4 Å². The van der Waals surface area contributed by atoms with Gasteiger partial charge in [-0.3, -0.25) is 30.0 Å². The highest BCUT2D eigenvalue weighted by Gasteiger charge is 2.28. The van der Waals surface area contributed by atoms with E-state index in [1.807, 2.05) is 0 Å². The largest absolute Gasteiger partial charge is 0.465 e. The van der Waals surface area contributed by atoms with Crippen LogP contribution >= 0.6 is 0 Å². The second-order valence-corrected chi connectivity index (χ2v) is 5.51. The van der Waals surface area contributed by atoms with Crippen LogP contribution in [0.3, 0.4) is 0 Å². The van der Waals surface area contributed by atoms with Crippen LogP contribution in [0.2, 0.25) is 0 Å². The average Bonchev–Trinajstić information content (AvgIpc) is 2.56. The molecule has 128 valence electrons. The van der Waals surface area contributed by atoms with Gasteiger partial charge in [-0.25, -0.2) is 4.79 Å². The fourth-order valence-corrected chi connectivity index (χ4v) is 2.60. The lowest BCUT2D eigenvalue weighted by molar-refractivity contribution is -0.134. The molecular formula is C16H14N4O5. The number of aromatic nitrogens is 1. The standard InChI is InChI=1S/C16H14N4O5/c21-12-5-4-11(15(23)20-12)19-14(22)10-3-1-2-8-6-9(18-16(24)25)7-17-13(8)10/h1-3,6-7,11,18H,4-5H2,(H,19,22)(H,24,25)(H,20,21,23). The van der Waals surface area contributed by atoms with Gasteiger partial charge in [-0.15, -0.1) is 0 Å². The van der Waals surface area contributed by atoms with Crippen LogP contribution in [0, 0.1) is 0 Å². The zero-order chi connectivity index (χ0) is 18.0. The fourth-order valence-electron chi connectivity index (χ4n) is 2.60. The molecule has 1 atom stereocenters. The first-order valence-electron chi connectivity index (χ1n) is 7.47. The molecule has 1 saturated heterocycles. The molecule has 25 heavy (non-hydrogen) atoms. The number of nitrogens with zero attached hydrogens (tertiary/aromatic N) is 1. The first-order valence-corrected chi connectivity index (χ1v) is 7.47. The third-order valence-corrected chi connectivity index (χ3v) is 3.75. The lowest BCUT2D eigenvalue weighted by Gasteiger charge is -2.22. The molecule has 1 fully saturated rings. The summed E-state index contributed by atoms with van der Waals surface area (Å²) in [6, 6.07) is 5.65. The van der Waals surface area contributed by atoms with Crippen molar-refractivity contribution in [1.82, 2.24) is 15.6 Å². The minimum Gasteiger partial charge on any atom is -0.465 e. The topological polar surface area (TPSA) is 137 Å². The zero-order valence-corrected chi connectivity index (χ0v) is 12.9. The molecule has 0 bridgehead atoms. The van der Waals surface area contributed by atoms with Gasteiger partial charge in [-0.05, 0) is 18.6 Å². The molecule has 0 spiro atoms. The zero-order valence-electron chi connectivity index (χ0n) is 12.9. The third-order valence-electron chi connectivity index (χ3n) is 3.75. The first kappa shape index (κ1) is 16.4. The van der Waals surface area contributed by atoms with E-state index in [-0.39, 0.29) is 30.0 Å². The predicted octanol–water partition coefficient (Wildman–Crippen LogP) is 0.860. The van der Waals surface area contributed by atoms with Gasteiger partial charge in [0.05, 0.1) is 23.0 Å². The SMILES string of the molecule is O=C(O)Nc1cnc2c(C(=O)NC3CCC(=O)NC3=O)cccc2c1. The van der Waals surface area contributed by atoms with Crippen molar-refractivity contribution in [3.63, 3.8) is 0 Å². The molecule has 0 aliphatic carbocycles. The van der Waals surface area contributed by atoms with Gasteiger partial charge in [0.1, 0.15) is 6.04 Å². The molecule has 1 aliphatic heterocycles. The van der Waals surface area contributed by atoms with E-state index < -0.39 is 23.9 Å². The molecular weight excluding hydrogens is 328 g/mol. The van der Waals surface area contributed by atoms with Crippen molar-refractivity contribution in [3.05, 3.63) is 36.0 Å². The number of benzene rings is 1. The van der Waals surface area contributed by atoms with Crippen LogP contribution in [0.4, 0.5) is 10.5 Å². The summed E-state index contributed by atoms with van der Waals surface area (Å²) in [6.45, 7) is 0. The van der Waals surface area contributed by atoms with E-state index in [1.165, 1.54) is 6.20 Å². The van der Waals surface area contributed by atoms with Crippen LogP contribution in [0.25, 0.3) is 10.9 Å². The van der Waals surface area contributed by atoms with Gasteiger partial charge in [-0.1, -0.05) is 12.1 Å². The summed E-state index contributed by atoms with van der Waals surface area (Å²) in [5.41, 5.74) is 0.912. The Morgan fingerprint density at radius 3 is 2.80 bits per heavy atom. The number of para-hydroxylation sites is 1. The minimum atomic E-state index is -1.21. The van der Waals surface area contributed by atoms with Gasteiger partial charge in [0, 0.05) is 11.8 Å². The maximum absolute atomic E-state index is 12.5. The van der Waals surface area contributed by atoms with Crippen LogP contribution < -0.4 is 16.0 Å². The highest BCUT2D eigenvalue weighted by atomic mass is 16.4. The monoisotopic (exact) mass is 342 g/mol. The Kier molecular flexibility index (Phi) is 4.29. The Morgan fingerprint density at radius 2 is 2.08 bits per heavy atom. The Balaban J connectivity index is 1.85. The number of fused-ring (bicyclic) bond motifs is 1. The van der Waals surface area contributed by atoms with Crippen LogP contribution in [0.15, 0.2) is 30.5 Å². The number of amides is 4. The fraction of sp³-hybridized carbons (Fsp3) is 0.188. The molecule has 2 aromatic rings. The molecule has 9 nitrogen and oxygen atoms in total. The molecule has 3 rings (SSSR count). The van der Waals surface area contributed by atoms with Gasteiger partial charge >= 0.3 is 6.09 Å². The number of anilines is 1. The quantitative estimate of drug-likeness (QED) is 0.611. The van der Waals surface area contributed by atoms with E-state index >= 15 is 0 Å². The summed E-state index contributed by atoms with van der Waals surface area (Å²) in [7, 11) is 0. The number of hydrogen-bond acceptors (Lipinski definition) is 5. The van der Waals surface area contributed by atoms with Crippen LogP contribution in [0.5, 0.6) is 0 Å². The number of hydrogen-bond donors (Lipinski definition) is 4. The maximum atomic E-state index is 12.5. The molecule has 1 unspecified atom stereocenters. The van der Waals surface area contributed by atoms with Crippen molar-refractivity contribution >= 4 is 40.4 Å². The summed E-state index contributed by atoms with van der Waals surface area (Å²) in [5, 5.41) is 16.3. The molecule has 0 saturated carbocycles. The van der Waals surface area contributed by atoms with Crippen molar-refractivity contribution in [2.24, 2.45) is 0 Å². The second-order valence-electron chi connectivity index (χ2n) is 5.51. The lowest BCUT2D eigenvalue weighted by atomic mass is 10.0. The molecule has 1 aromatic carbocycles. The summed E-state index contributed by atoms with van der Waals surface area (Å²) in [6.07, 6.45) is 0.489. The van der Waals surface area contributed by atoms with Crippen molar-refractivity contribution in [2.45, 2.75) is 18.9 Å². The molecule has 4 N–H and O–H groups in total. The van der Waals surface area contributed by atoms with E-state index in [1.54, 1.807) is 24.3 Å². The van der Waals surface area contributed by atoms with Crippen LogP contribution in [0.1, 0.15) is 23.2 Å². The van der Waals surface area contributed by atoms with Crippen molar-refractivity contribution < 1.29 is 24.3 Å². The number of carbonyl (C=O) groups is 4. The van der Waals surface area contributed by atoms with Gasteiger partial charge in [0.25, 0.3) is 5.91 Å². The summed E-state index contributed by atoms with van der Waals surface area (Å²) in [5.74, 6) is -1.39. The lowest BCUT2D eigenvalue weighted by Crippen LogP contribution is -2.52. The van der Waals surface area contributed by atoms with Gasteiger partial charge in [-0.2, -0.15) is 0 Å². The number of pyridine rings is 1. The Hall–Kier alpha value is -3.49. The van der Waals surface area contributed by atoms with Crippen LogP contribution in [-0.4, -0.2) is 39.9 Å². The molecule has 0 radical (unpaired) electrons. The van der Waals surface area contributed by atoms with E-state index in [2.05, 4.69) is 20.9 Å². The Morgan fingerprint density at radius 1 is 1.28 bits per heavy atom. The number of nitrogens with one attached hydrogen (secondary N) is 3. The molecule has 1 aromatic heterocycles. The van der Waals surface area contributed by atoms with E-state index in [0.29, 0.717) is 10.9 Å². The van der Waals surface area contributed by atoms with Crippen molar-refractivity contribution in [3.8, 4) is 0 Å². The summed E-state index contributed by atoms with van der Waals surface area (Å²) < 4.78 is 0. The van der Waals surface area contributed by atoms with Crippen LogP contribution in [-0.2, 0) is 9.59 Å². The minimum absolute atomic E-state index is 0.161. The summed E-state index contributed by atoms with van der Waals surface area (Å²) >= 11 is 0. The number of carbonyl (C=O) groups excluding carboxylic acids is 3. The van der Waals surface area contributed by atoms with Gasteiger partial charge in [0.2, 0.25) is 11.8 Å². The highest BCUT2D eigenvalue weighted by Crippen LogP contribution is 2.20. The molecule has 1 aliphatic rings. The summed E-state index contributed by atoms with van der Waals surface area (Å²) in [4.78, 5) is 50.2. The first-order chi connectivity index (χ1) is 11.9. The molecule has 4 amide bonds. The number of piperidine rings is 1. The number of carboxylic acid groups (broad SMARTS) is 1. The van der Waals surface area contributed by atoms with Crippen molar-refractivity contribution in [1.29, 1.82) is 0 Å². The van der Waals surface area contributed by atoms with E-state index in [9.17, 15) is 19.2 Å². The number of imide groups is 1. The van der Waals surface area contributed by atoms with Gasteiger partial charge in [0.15, 0.2) is 0 Å². The van der Waals surface area contributed by atoms with E-state index in [0.717, 1.165) is 0 Å². The van der Waals surface area contributed by atoms with E-state index in [4.69, 9.17) is 5.11 Å². The maximum Gasteiger partial charge on any atom is 0.409 e. The van der Waals surface area contributed by atoms with Crippen molar-refractivity contribution in [2.75, 3.05) is 5.32 Å². The molecule has 2 heterocycles. The average molecular weight is 342 g/mol. The predicted molar refractivity (Wildman–Crippen MR) is 87.0 cm³/mol. The molecule has 9 heteroatoms. The Bertz CT molecular complexity index is 895. The third kappa shape index (κ3) is 3.55. The highest BCUT2D eigenvalue weighted by molar-refractivity contribution is 6.08.